The summed E-state index contributed by atoms with van der Waals surface area (Å²) in [5.41, 5.74) is -1.05. The second-order valence-electron chi connectivity index (χ2n) is 4.55. The van der Waals surface area contributed by atoms with E-state index >= 15 is 0 Å². The second-order valence-corrected chi connectivity index (χ2v) is 6.39. The minimum absolute atomic E-state index is 0.0165. The Morgan fingerprint density at radius 3 is 2.94 bits per heavy atom. The molecule has 0 radical (unpaired) electrons. The lowest BCUT2D eigenvalue weighted by molar-refractivity contribution is 0.0686. The average molecular weight is 272 g/mol. The quantitative estimate of drug-likeness (QED) is 0.727. The fourth-order valence-corrected chi connectivity index (χ4v) is 2.45. The Morgan fingerprint density at radius 1 is 1.56 bits per heavy atom. The lowest BCUT2D eigenvalue weighted by Gasteiger charge is -2.23. The van der Waals surface area contributed by atoms with Crippen molar-refractivity contribution >= 4 is 15.8 Å². The van der Waals surface area contributed by atoms with E-state index in [2.05, 4.69) is 14.7 Å². The molecule has 1 atom stereocenters. The van der Waals surface area contributed by atoms with Crippen molar-refractivity contribution in [3.63, 3.8) is 0 Å². The Kier molecular flexibility index (Phi) is 3.51. The molecule has 0 spiro atoms. The molecule has 0 saturated carbocycles. The molecule has 1 aromatic heterocycles. The molecule has 1 aliphatic heterocycles. The summed E-state index contributed by atoms with van der Waals surface area (Å²) in [5.74, 6) is 0.688. The maximum atomic E-state index is 11.0. The number of nitrogens with one attached hydrogen (secondary N) is 1. The molecule has 1 fully saturated rings. The zero-order valence-electron chi connectivity index (χ0n) is 10.1. The van der Waals surface area contributed by atoms with Crippen molar-refractivity contribution in [1.82, 2.24) is 14.7 Å². The molecule has 2 heterocycles. The van der Waals surface area contributed by atoms with E-state index in [1.807, 2.05) is 4.90 Å². The molecule has 1 aromatic rings. The SMILES string of the molecule is CS(=O)(=O)NC[C@]1(O)CCN(c2cnccn2)C1. The van der Waals surface area contributed by atoms with E-state index in [1.165, 1.54) is 0 Å². The van der Waals surface area contributed by atoms with Gasteiger partial charge in [0.15, 0.2) is 0 Å². The van der Waals surface area contributed by atoms with Crippen molar-refractivity contribution < 1.29 is 13.5 Å². The van der Waals surface area contributed by atoms with E-state index in [4.69, 9.17) is 0 Å². The van der Waals surface area contributed by atoms with Crippen molar-refractivity contribution in [2.45, 2.75) is 12.0 Å². The second kappa shape index (κ2) is 4.79. The summed E-state index contributed by atoms with van der Waals surface area (Å²) in [7, 11) is -3.29. The van der Waals surface area contributed by atoms with Gasteiger partial charge in [0, 0.05) is 32.0 Å². The highest BCUT2D eigenvalue weighted by Gasteiger charge is 2.37. The Balaban J connectivity index is 1.99. The minimum Gasteiger partial charge on any atom is -0.387 e. The maximum Gasteiger partial charge on any atom is 0.208 e. The number of hydrogen-bond acceptors (Lipinski definition) is 6. The molecule has 1 aliphatic rings. The standard InChI is InChI=1S/C10H16N4O3S/c1-18(16,17)13-7-10(15)2-5-14(8-10)9-6-11-3-4-12-9/h3-4,6,13,15H,2,5,7-8H2,1H3/t10-/m1/s1. The summed E-state index contributed by atoms with van der Waals surface area (Å²) < 4.78 is 24.4. The Bertz CT molecular complexity index is 507. The van der Waals surface area contributed by atoms with Gasteiger partial charge in [-0.15, -0.1) is 0 Å². The molecule has 0 aliphatic carbocycles. The van der Waals surface area contributed by atoms with Gasteiger partial charge in [-0.3, -0.25) is 4.98 Å². The molecule has 18 heavy (non-hydrogen) atoms. The third-order valence-electron chi connectivity index (χ3n) is 2.87. The van der Waals surface area contributed by atoms with Crippen molar-refractivity contribution in [2.75, 3.05) is 30.8 Å². The predicted octanol–water partition coefficient (Wildman–Crippen LogP) is -1.03. The van der Waals surface area contributed by atoms with Crippen LogP contribution in [0.25, 0.3) is 0 Å². The van der Waals surface area contributed by atoms with E-state index in [9.17, 15) is 13.5 Å². The highest BCUT2D eigenvalue weighted by Crippen LogP contribution is 2.24. The molecule has 2 rings (SSSR count). The first-order valence-corrected chi connectivity index (χ1v) is 7.45. The predicted molar refractivity (Wildman–Crippen MR) is 66.7 cm³/mol. The van der Waals surface area contributed by atoms with E-state index in [0.717, 1.165) is 6.26 Å². The van der Waals surface area contributed by atoms with Gasteiger partial charge in [0.05, 0.1) is 18.1 Å². The van der Waals surface area contributed by atoms with Crippen LogP contribution < -0.4 is 9.62 Å². The summed E-state index contributed by atoms with van der Waals surface area (Å²) in [5, 5.41) is 10.3. The highest BCUT2D eigenvalue weighted by atomic mass is 32.2. The van der Waals surface area contributed by atoms with E-state index in [1.54, 1.807) is 18.6 Å². The molecule has 100 valence electrons. The van der Waals surface area contributed by atoms with Gasteiger partial charge in [-0.05, 0) is 6.42 Å². The number of aliphatic hydroxyl groups is 1. The Hall–Kier alpha value is -1.25. The smallest absolute Gasteiger partial charge is 0.208 e. The summed E-state index contributed by atoms with van der Waals surface area (Å²) in [4.78, 5) is 10.00. The monoisotopic (exact) mass is 272 g/mol. The van der Waals surface area contributed by atoms with Crippen LogP contribution >= 0.6 is 0 Å². The van der Waals surface area contributed by atoms with Crippen LogP contribution in [0.15, 0.2) is 18.6 Å². The van der Waals surface area contributed by atoms with Crippen LogP contribution in [-0.2, 0) is 10.0 Å². The lowest BCUT2D eigenvalue weighted by Crippen LogP contribution is -2.44. The zero-order valence-corrected chi connectivity index (χ0v) is 10.9. The molecule has 8 heteroatoms. The molecule has 0 aromatic carbocycles. The van der Waals surface area contributed by atoms with Crippen molar-refractivity contribution in [3.05, 3.63) is 18.6 Å². The molecule has 0 unspecified atom stereocenters. The van der Waals surface area contributed by atoms with Crippen LogP contribution in [0.1, 0.15) is 6.42 Å². The van der Waals surface area contributed by atoms with Crippen molar-refractivity contribution in [3.8, 4) is 0 Å². The Morgan fingerprint density at radius 2 is 2.33 bits per heavy atom. The molecular formula is C10H16N4O3S. The van der Waals surface area contributed by atoms with Gasteiger partial charge in [-0.25, -0.2) is 18.1 Å². The number of β-amino-alcohol motifs (C(OH)–C–C–N with tert-alkyl or cyclic N) is 1. The summed E-state index contributed by atoms with van der Waals surface area (Å²) in [6.07, 6.45) is 6.35. The van der Waals surface area contributed by atoms with Gasteiger partial charge in [0.1, 0.15) is 5.82 Å². The fraction of sp³-hybridized carbons (Fsp3) is 0.600. The first kappa shape index (κ1) is 13.2. The highest BCUT2D eigenvalue weighted by molar-refractivity contribution is 7.88. The largest absolute Gasteiger partial charge is 0.387 e. The number of rotatable bonds is 4. The number of hydrogen-bond donors (Lipinski definition) is 2. The van der Waals surface area contributed by atoms with Crippen LogP contribution in [0.5, 0.6) is 0 Å². The summed E-state index contributed by atoms with van der Waals surface area (Å²) in [6, 6.07) is 0. The van der Waals surface area contributed by atoms with Crippen LogP contribution in [-0.4, -0.2) is 55.0 Å². The van der Waals surface area contributed by atoms with Gasteiger partial charge in [-0.1, -0.05) is 0 Å². The molecule has 7 nitrogen and oxygen atoms in total. The van der Waals surface area contributed by atoms with Crippen LogP contribution in [0, 0.1) is 0 Å². The van der Waals surface area contributed by atoms with Gasteiger partial charge in [0.25, 0.3) is 0 Å². The van der Waals surface area contributed by atoms with E-state index in [-0.39, 0.29) is 6.54 Å². The minimum atomic E-state index is -3.29. The number of aromatic nitrogens is 2. The van der Waals surface area contributed by atoms with E-state index in [0.29, 0.717) is 25.3 Å². The number of anilines is 1. The third kappa shape index (κ3) is 3.37. The summed E-state index contributed by atoms with van der Waals surface area (Å²) in [6.45, 7) is 0.984. The third-order valence-corrected chi connectivity index (χ3v) is 3.54. The van der Waals surface area contributed by atoms with E-state index < -0.39 is 15.6 Å². The van der Waals surface area contributed by atoms with Gasteiger partial charge < -0.3 is 10.0 Å². The molecular weight excluding hydrogens is 256 g/mol. The van der Waals surface area contributed by atoms with Gasteiger partial charge in [-0.2, -0.15) is 0 Å². The Labute approximate surface area is 106 Å². The number of nitrogens with zero attached hydrogens (tertiary/aromatic N) is 3. The molecule has 0 amide bonds. The maximum absolute atomic E-state index is 11.0. The lowest BCUT2D eigenvalue weighted by atomic mass is 10.0. The van der Waals surface area contributed by atoms with Crippen LogP contribution in [0.3, 0.4) is 0 Å². The van der Waals surface area contributed by atoms with Crippen molar-refractivity contribution in [2.24, 2.45) is 0 Å². The van der Waals surface area contributed by atoms with Gasteiger partial charge in [0.2, 0.25) is 10.0 Å². The fourth-order valence-electron chi connectivity index (χ4n) is 1.92. The first-order chi connectivity index (χ1) is 8.38. The van der Waals surface area contributed by atoms with Crippen LogP contribution in [0.4, 0.5) is 5.82 Å². The normalized spacial score (nSPS) is 24.4. The summed E-state index contributed by atoms with van der Waals surface area (Å²) >= 11 is 0. The average Bonchev–Trinajstić information content (AvgIpc) is 2.71. The van der Waals surface area contributed by atoms with Crippen molar-refractivity contribution in [1.29, 1.82) is 0 Å². The molecule has 2 N–H and O–H groups in total. The topological polar surface area (TPSA) is 95.4 Å². The molecule has 0 bridgehead atoms. The zero-order chi connectivity index (χ0) is 13.2. The van der Waals surface area contributed by atoms with Gasteiger partial charge >= 0.3 is 0 Å². The van der Waals surface area contributed by atoms with Crippen LogP contribution in [0.2, 0.25) is 0 Å². The number of sulfonamides is 1. The molecule has 1 saturated heterocycles. The first-order valence-electron chi connectivity index (χ1n) is 5.56.